The maximum Gasteiger partial charge on any atom is 0.258 e. The number of ether oxygens (including phenoxy) is 2. The van der Waals surface area contributed by atoms with Gasteiger partial charge in [0.25, 0.3) is 5.91 Å². The maximum atomic E-state index is 12.4. The van der Waals surface area contributed by atoms with Crippen molar-refractivity contribution in [3.05, 3.63) is 72.1 Å². The third kappa shape index (κ3) is 3.47. The van der Waals surface area contributed by atoms with Crippen molar-refractivity contribution in [2.45, 2.75) is 6.54 Å². The van der Waals surface area contributed by atoms with E-state index in [0.29, 0.717) is 42.5 Å². The molecular formula is C19H17N3O3. The Balaban J connectivity index is 1.45. The summed E-state index contributed by atoms with van der Waals surface area (Å²) in [6.45, 7) is 1.67. The van der Waals surface area contributed by atoms with Crippen LogP contribution in [-0.2, 0) is 6.54 Å². The summed E-state index contributed by atoms with van der Waals surface area (Å²) >= 11 is 0. The molecule has 3 aromatic rings. The van der Waals surface area contributed by atoms with Crippen LogP contribution in [0, 0.1) is 0 Å². The van der Waals surface area contributed by atoms with Gasteiger partial charge in [0, 0.05) is 18.0 Å². The number of fused-ring (bicyclic) bond motifs is 1. The highest BCUT2D eigenvalue weighted by Crippen LogP contribution is 2.32. The average molecular weight is 335 g/mol. The van der Waals surface area contributed by atoms with Crippen LogP contribution in [0.4, 0.5) is 5.69 Å². The highest BCUT2D eigenvalue weighted by molar-refractivity contribution is 6.04. The number of benzene rings is 2. The van der Waals surface area contributed by atoms with E-state index in [4.69, 9.17) is 9.47 Å². The number of carbonyl (C=O) groups is 1. The molecule has 0 saturated carbocycles. The van der Waals surface area contributed by atoms with Gasteiger partial charge in [0.05, 0.1) is 18.3 Å². The van der Waals surface area contributed by atoms with Gasteiger partial charge in [-0.05, 0) is 17.7 Å². The fourth-order valence-corrected chi connectivity index (χ4v) is 2.66. The number of hydrogen-bond acceptors (Lipinski definition) is 4. The molecule has 1 aliphatic heterocycles. The van der Waals surface area contributed by atoms with Gasteiger partial charge in [-0.2, -0.15) is 5.10 Å². The Labute approximate surface area is 145 Å². The Morgan fingerprint density at radius 2 is 1.88 bits per heavy atom. The minimum atomic E-state index is -0.212. The molecule has 0 aliphatic carbocycles. The number of anilines is 1. The molecule has 0 bridgehead atoms. The predicted molar refractivity (Wildman–Crippen MR) is 93.2 cm³/mol. The maximum absolute atomic E-state index is 12.4. The predicted octanol–water partition coefficient (Wildman–Crippen LogP) is 2.95. The van der Waals surface area contributed by atoms with Crippen LogP contribution in [0.5, 0.6) is 11.5 Å². The molecular weight excluding hydrogens is 318 g/mol. The first-order valence-electron chi connectivity index (χ1n) is 8.05. The lowest BCUT2D eigenvalue weighted by Crippen LogP contribution is -2.16. The summed E-state index contributed by atoms with van der Waals surface area (Å²) in [5.41, 5.74) is 2.29. The zero-order chi connectivity index (χ0) is 17.1. The molecule has 0 unspecified atom stereocenters. The normalized spacial score (nSPS) is 12.6. The fraction of sp³-hybridized carbons (Fsp3) is 0.158. The lowest BCUT2D eigenvalue weighted by atomic mass is 10.2. The molecule has 2 aromatic carbocycles. The van der Waals surface area contributed by atoms with Gasteiger partial charge in [-0.3, -0.25) is 9.48 Å². The Bertz CT molecular complexity index is 890. The van der Waals surface area contributed by atoms with E-state index in [1.807, 2.05) is 30.3 Å². The molecule has 126 valence electrons. The summed E-state index contributed by atoms with van der Waals surface area (Å²) in [4.78, 5) is 12.4. The van der Waals surface area contributed by atoms with Crippen LogP contribution in [-0.4, -0.2) is 28.9 Å². The second-order valence-electron chi connectivity index (χ2n) is 5.72. The molecule has 0 fully saturated rings. The van der Waals surface area contributed by atoms with E-state index in [1.165, 1.54) is 0 Å². The van der Waals surface area contributed by atoms with E-state index in [9.17, 15) is 4.79 Å². The SMILES string of the molecule is O=C(Nc1ccc2c(c1)OCCO2)c1cnn(Cc2ccccc2)c1. The van der Waals surface area contributed by atoms with Gasteiger partial charge in [0.15, 0.2) is 11.5 Å². The first-order chi connectivity index (χ1) is 12.3. The van der Waals surface area contributed by atoms with Crippen LogP contribution < -0.4 is 14.8 Å². The van der Waals surface area contributed by atoms with Crippen LogP contribution in [0.1, 0.15) is 15.9 Å². The fourth-order valence-electron chi connectivity index (χ4n) is 2.66. The number of nitrogens with one attached hydrogen (secondary N) is 1. The summed E-state index contributed by atoms with van der Waals surface area (Å²) in [5, 5.41) is 7.11. The van der Waals surface area contributed by atoms with Gasteiger partial charge in [-0.1, -0.05) is 30.3 Å². The second-order valence-corrected chi connectivity index (χ2v) is 5.72. The Hall–Kier alpha value is -3.28. The first kappa shape index (κ1) is 15.3. The number of amides is 1. The van der Waals surface area contributed by atoms with Crippen molar-refractivity contribution in [1.29, 1.82) is 0 Å². The van der Waals surface area contributed by atoms with Gasteiger partial charge < -0.3 is 14.8 Å². The van der Waals surface area contributed by atoms with Gasteiger partial charge >= 0.3 is 0 Å². The lowest BCUT2D eigenvalue weighted by molar-refractivity contribution is 0.102. The summed E-state index contributed by atoms with van der Waals surface area (Å²) in [6, 6.07) is 15.3. The standard InChI is InChI=1S/C19H17N3O3/c23-19(21-16-6-7-17-18(10-16)25-9-8-24-17)15-11-20-22(13-15)12-14-4-2-1-3-5-14/h1-7,10-11,13H,8-9,12H2,(H,21,23). The van der Waals surface area contributed by atoms with E-state index >= 15 is 0 Å². The Morgan fingerprint density at radius 1 is 1.08 bits per heavy atom. The minimum Gasteiger partial charge on any atom is -0.486 e. The summed E-state index contributed by atoms with van der Waals surface area (Å²) in [7, 11) is 0. The molecule has 0 radical (unpaired) electrons. The molecule has 1 N–H and O–H groups in total. The molecule has 4 rings (SSSR count). The molecule has 6 heteroatoms. The number of aromatic nitrogens is 2. The average Bonchev–Trinajstić information content (AvgIpc) is 3.11. The summed E-state index contributed by atoms with van der Waals surface area (Å²) < 4.78 is 12.8. The number of rotatable bonds is 4. The van der Waals surface area contributed by atoms with E-state index in [2.05, 4.69) is 10.4 Å². The monoisotopic (exact) mass is 335 g/mol. The van der Waals surface area contributed by atoms with Gasteiger partial charge in [-0.25, -0.2) is 0 Å². The van der Waals surface area contributed by atoms with Gasteiger partial charge in [0.1, 0.15) is 13.2 Å². The molecule has 1 aliphatic rings. The van der Waals surface area contributed by atoms with Crippen LogP contribution in [0.3, 0.4) is 0 Å². The smallest absolute Gasteiger partial charge is 0.258 e. The summed E-state index contributed by atoms with van der Waals surface area (Å²) in [5.74, 6) is 1.12. The third-order valence-corrected chi connectivity index (χ3v) is 3.88. The van der Waals surface area contributed by atoms with Crippen molar-refractivity contribution in [3.8, 4) is 11.5 Å². The zero-order valence-electron chi connectivity index (χ0n) is 13.5. The van der Waals surface area contributed by atoms with Crippen molar-refractivity contribution in [1.82, 2.24) is 9.78 Å². The van der Waals surface area contributed by atoms with Crippen molar-refractivity contribution in [3.63, 3.8) is 0 Å². The molecule has 0 saturated heterocycles. The van der Waals surface area contributed by atoms with E-state index in [-0.39, 0.29) is 5.91 Å². The number of nitrogens with zero attached hydrogens (tertiary/aromatic N) is 2. The Morgan fingerprint density at radius 3 is 2.72 bits per heavy atom. The molecule has 1 aromatic heterocycles. The third-order valence-electron chi connectivity index (χ3n) is 3.88. The quantitative estimate of drug-likeness (QED) is 0.796. The number of hydrogen-bond donors (Lipinski definition) is 1. The molecule has 25 heavy (non-hydrogen) atoms. The molecule has 1 amide bonds. The first-order valence-corrected chi connectivity index (χ1v) is 8.05. The highest BCUT2D eigenvalue weighted by atomic mass is 16.6. The highest BCUT2D eigenvalue weighted by Gasteiger charge is 2.14. The molecule has 0 atom stereocenters. The van der Waals surface area contributed by atoms with Crippen molar-refractivity contribution >= 4 is 11.6 Å². The van der Waals surface area contributed by atoms with Gasteiger partial charge in [0.2, 0.25) is 0 Å². The summed E-state index contributed by atoms with van der Waals surface area (Å²) in [6.07, 6.45) is 3.30. The number of carbonyl (C=O) groups excluding carboxylic acids is 1. The Kier molecular flexibility index (Phi) is 4.08. The molecule has 2 heterocycles. The van der Waals surface area contributed by atoms with E-state index in [0.717, 1.165) is 5.56 Å². The van der Waals surface area contributed by atoms with Crippen LogP contribution in [0.15, 0.2) is 60.9 Å². The largest absolute Gasteiger partial charge is 0.486 e. The lowest BCUT2D eigenvalue weighted by Gasteiger charge is -2.18. The second kappa shape index (κ2) is 6.68. The zero-order valence-corrected chi connectivity index (χ0v) is 13.5. The molecule has 0 spiro atoms. The van der Waals surface area contributed by atoms with E-state index in [1.54, 1.807) is 35.3 Å². The van der Waals surface area contributed by atoms with Crippen molar-refractivity contribution < 1.29 is 14.3 Å². The van der Waals surface area contributed by atoms with E-state index < -0.39 is 0 Å². The van der Waals surface area contributed by atoms with Gasteiger partial charge in [-0.15, -0.1) is 0 Å². The van der Waals surface area contributed by atoms with Crippen molar-refractivity contribution in [2.24, 2.45) is 0 Å². The van der Waals surface area contributed by atoms with Crippen LogP contribution in [0.25, 0.3) is 0 Å². The van der Waals surface area contributed by atoms with Crippen LogP contribution in [0.2, 0.25) is 0 Å². The van der Waals surface area contributed by atoms with Crippen molar-refractivity contribution in [2.75, 3.05) is 18.5 Å². The molecule has 6 nitrogen and oxygen atoms in total. The van der Waals surface area contributed by atoms with Crippen LogP contribution >= 0.6 is 0 Å². The minimum absolute atomic E-state index is 0.212. The topological polar surface area (TPSA) is 65.4 Å².